The van der Waals surface area contributed by atoms with E-state index in [9.17, 15) is 0 Å². The molecule has 3 nitrogen and oxygen atoms in total. The van der Waals surface area contributed by atoms with Crippen LogP contribution in [-0.4, -0.2) is 4.98 Å². The van der Waals surface area contributed by atoms with Crippen LogP contribution in [0.1, 0.15) is 0 Å². The maximum atomic E-state index is 4.58. The van der Waals surface area contributed by atoms with Crippen molar-refractivity contribution in [2.75, 3.05) is 9.80 Å². The lowest BCUT2D eigenvalue weighted by Gasteiger charge is -2.27. The van der Waals surface area contributed by atoms with Gasteiger partial charge in [-0.3, -0.25) is 4.98 Å². The van der Waals surface area contributed by atoms with Crippen molar-refractivity contribution < 1.29 is 0 Å². The van der Waals surface area contributed by atoms with Gasteiger partial charge in [0.1, 0.15) is 0 Å². The molecule has 0 aliphatic carbocycles. The first-order valence-electron chi connectivity index (χ1n) is 19.0. The minimum absolute atomic E-state index is 0.960. The van der Waals surface area contributed by atoms with Crippen molar-refractivity contribution in [2.24, 2.45) is 0 Å². The number of hydrogen-bond donors (Lipinski definition) is 0. The summed E-state index contributed by atoms with van der Waals surface area (Å²) < 4.78 is 0. The number of hydrogen-bond acceptors (Lipinski definition) is 3. The number of rotatable bonds is 7. The molecule has 8 aromatic carbocycles. The van der Waals surface area contributed by atoms with Crippen LogP contribution in [0.25, 0.3) is 55.8 Å². The monoisotopic (exact) mass is 715 g/mol. The minimum Gasteiger partial charge on any atom is -0.311 e. The highest BCUT2D eigenvalue weighted by molar-refractivity contribution is 6.03. The Morgan fingerprint density at radius 2 is 0.786 bits per heavy atom. The Balaban J connectivity index is 1.05. The summed E-state index contributed by atoms with van der Waals surface area (Å²) in [5.74, 6) is 0. The van der Waals surface area contributed by atoms with E-state index >= 15 is 0 Å². The molecule has 0 spiro atoms. The number of pyridine rings is 1. The van der Waals surface area contributed by atoms with Crippen molar-refractivity contribution in [1.82, 2.24) is 4.98 Å². The zero-order valence-corrected chi connectivity index (χ0v) is 30.7. The fraction of sp³-hybridized carbons (Fsp3) is 0. The second kappa shape index (κ2) is 14.4. The molecule has 0 atom stereocenters. The number of aromatic nitrogens is 1. The van der Waals surface area contributed by atoms with Gasteiger partial charge in [0.15, 0.2) is 0 Å². The standard InChI is InChI=1S/C53H37N3/c1-3-13-38(14-4-1)39-22-29-44(30-23-39)55(46-33-26-41(27-34-46)51-20-11-12-36-54-51)45-31-24-40(25-32-45)42-28-35-53-50(37-42)48-18-8-7-17-47(48)49-19-9-10-21-52(49)56(53)43-15-5-2-6-16-43/h1-37H. The molecule has 0 N–H and O–H groups in total. The van der Waals surface area contributed by atoms with Crippen molar-refractivity contribution >= 4 is 34.1 Å². The highest BCUT2D eigenvalue weighted by Gasteiger charge is 2.26. The summed E-state index contributed by atoms with van der Waals surface area (Å²) in [4.78, 5) is 9.30. The summed E-state index contributed by atoms with van der Waals surface area (Å²) in [5.41, 5.74) is 18.4. The van der Waals surface area contributed by atoms with E-state index in [4.69, 9.17) is 0 Å². The smallest absolute Gasteiger partial charge is 0.0701 e. The second-order valence-corrected chi connectivity index (χ2v) is 14.0. The molecule has 0 saturated carbocycles. The molecule has 3 heteroatoms. The molecule has 0 unspecified atom stereocenters. The number of benzene rings is 8. The summed E-state index contributed by atoms with van der Waals surface area (Å²) in [6.07, 6.45) is 1.84. The summed E-state index contributed by atoms with van der Waals surface area (Å²) in [6, 6.07) is 78.2. The highest BCUT2D eigenvalue weighted by atomic mass is 15.2. The zero-order valence-electron chi connectivity index (χ0n) is 30.7. The molecule has 0 saturated heterocycles. The van der Waals surface area contributed by atoms with Crippen LogP contribution in [-0.2, 0) is 0 Å². The molecule has 10 rings (SSSR count). The van der Waals surface area contributed by atoms with Crippen molar-refractivity contribution in [3.05, 3.63) is 225 Å². The van der Waals surface area contributed by atoms with Gasteiger partial charge >= 0.3 is 0 Å². The Bertz CT molecular complexity index is 2680. The van der Waals surface area contributed by atoms with Gasteiger partial charge < -0.3 is 9.80 Å². The van der Waals surface area contributed by atoms with E-state index < -0.39 is 0 Å². The second-order valence-electron chi connectivity index (χ2n) is 14.0. The highest BCUT2D eigenvalue weighted by Crippen LogP contribution is 2.51. The summed E-state index contributed by atoms with van der Waals surface area (Å²) in [7, 11) is 0. The average molecular weight is 716 g/mol. The first-order valence-corrected chi connectivity index (χ1v) is 19.0. The fourth-order valence-electron chi connectivity index (χ4n) is 7.96. The van der Waals surface area contributed by atoms with Gasteiger partial charge in [0.25, 0.3) is 0 Å². The predicted molar refractivity (Wildman–Crippen MR) is 234 cm³/mol. The third kappa shape index (κ3) is 6.12. The molecule has 1 aromatic heterocycles. The molecule has 0 bridgehead atoms. The largest absolute Gasteiger partial charge is 0.311 e. The van der Waals surface area contributed by atoms with Crippen molar-refractivity contribution in [3.8, 4) is 55.8 Å². The van der Waals surface area contributed by atoms with Crippen molar-refractivity contribution in [1.29, 1.82) is 0 Å². The maximum absolute atomic E-state index is 4.58. The quantitative estimate of drug-likeness (QED) is 0.164. The van der Waals surface area contributed by atoms with E-state index in [1.807, 2.05) is 24.4 Å². The first kappa shape index (κ1) is 33.1. The molecule has 264 valence electrons. The molecule has 1 aliphatic heterocycles. The number of anilines is 6. The first-order chi connectivity index (χ1) is 27.8. The lowest BCUT2D eigenvalue weighted by Crippen LogP contribution is -2.10. The summed E-state index contributed by atoms with van der Waals surface area (Å²) in [6.45, 7) is 0. The van der Waals surface area contributed by atoms with E-state index in [2.05, 4.69) is 215 Å². The lowest BCUT2D eigenvalue weighted by atomic mass is 9.92. The zero-order chi connectivity index (χ0) is 37.3. The van der Waals surface area contributed by atoms with Crippen LogP contribution in [0.3, 0.4) is 0 Å². The van der Waals surface area contributed by atoms with E-state index in [0.717, 1.165) is 45.3 Å². The fourth-order valence-corrected chi connectivity index (χ4v) is 7.96. The van der Waals surface area contributed by atoms with Crippen LogP contribution in [0, 0.1) is 0 Å². The van der Waals surface area contributed by atoms with Gasteiger partial charge in [-0.25, -0.2) is 0 Å². The molecular formula is C53H37N3. The SMILES string of the molecule is c1ccc(-c2ccc(N(c3ccc(-c4ccc5c(c4)-c4ccccc4-c4ccccc4N5c4ccccc4)cc3)c3ccc(-c4ccccn4)cc3)cc2)cc1. The van der Waals surface area contributed by atoms with Crippen LogP contribution in [0.5, 0.6) is 0 Å². The molecule has 2 heterocycles. The van der Waals surface area contributed by atoms with E-state index in [1.54, 1.807) is 0 Å². The third-order valence-electron chi connectivity index (χ3n) is 10.7. The van der Waals surface area contributed by atoms with Crippen LogP contribution in [0.15, 0.2) is 225 Å². The van der Waals surface area contributed by atoms with Gasteiger partial charge in [0.05, 0.1) is 17.1 Å². The lowest BCUT2D eigenvalue weighted by molar-refractivity contribution is 1.28. The molecule has 56 heavy (non-hydrogen) atoms. The van der Waals surface area contributed by atoms with Gasteiger partial charge in [-0.15, -0.1) is 0 Å². The normalized spacial score (nSPS) is 11.5. The van der Waals surface area contributed by atoms with Crippen LogP contribution < -0.4 is 9.80 Å². The van der Waals surface area contributed by atoms with Gasteiger partial charge in [-0.05, 0) is 112 Å². The van der Waals surface area contributed by atoms with Gasteiger partial charge in [0.2, 0.25) is 0 Å². The van der Waals surface area contributed by atoms with Gasteiger partial charge in [-0.1, -0.05) is 140 Å². The average Bonchev–Trinajstić information content (AvgIpc) is 3.40. The van der Waals surface area contributed by atoms with Crippen LogP contribution >= 0.6 is 0 Å². The van der Waals surface area contributed by atoms with E-state index in [1.165, 1.54) is 44.6 Å². The number of nitrogens with zero attached hydrogens (tertiary/aromatic N) is 3. The Morgan fingerprint density at radius 1 is 0.321 bits per heavy atom. The Hall–Kier alpha value is -7.49. The van der Waals surface area contributed by atoms with Crippen molar-refractivity contribution in [2.45, 2.75) is 0 Å². The maximum Gasteiger partial charge on any atom is 0.0701 e. The number of para-hydroxylation sites is 2. The summed E-state index contributed by atoms with van der Waals surface area (Å²) in [5, 5.41) is 0. The molecule has 0 amide bonds. The molecule has 9 aromatic rings. The third-order valence-corrected chi connectivity index (χ3v) is 10.7. The van der Waals surface area contributed by atoms with Crippen LogP contribution in [0.4, 0.5) is 34.1 Å². The summed E-state index contributed by atoms with van der Waals surface area (Å²) >= 11 is 0. The van der Waals surface area contributed by atoms with E-state index in [0.29, 0.717) is 0 Å². The van der Waals surface area contributed by atoms with Crippen molar-refractivity contribution in [3.63, 3.8) is 0 Å². The van der Waals surface area contributed by atoms with Gasteiger partial charge in [0, 0.05) is 45.6 Å². The molecule has 0 radical (unpaired) electrons. The minimum atomic E-state index is 0.960. The van der Waals surface area contributed by atoms with E-state index in [-0.39, 0.29) is 0 Å². The Labute approximate surface area is 328 Å². The topological polar surface area (TPSA) is 19.4 Å². The van der Waals surface area contributed by atoms with Crippen LogP contribution in [0.2, 0.25) is 0 Å². The molecular weight excluding hydrogens is 679 g/mol. The van der Waals surface area contributed by atoms with Gasteiger partial charge in [-0.2, -0.15) is 0 Å². The Morgan fingerprint density at radius 3 is 1.41 bits per heavy atom. The predicted octanol–water partition coefficient (Wildman–Crippen LogP) is 14.7. The Kier molecular flexibility index (Phi) is 8.51. The number of fused-ring (bicyclic) bond motifs is 5. The molecule has 1 aliphatic rings. The molecule has 0 fully saturated rings.